The van der Waals surface area contributed by atoms with Gasteiger partial charge in [0, 0.05) is 5.54 Å². The highest BCUT2D eigenvalue weighted by Crippen LogP contribution is 2.70. The van der Waals surface area contributed by atoms with E-state index >= 15 is 0 Å². The van der Waals surface area contributed by atoms with Gasteiger partial charge in [-0.3, -0.25) is 0 Å². The fourth-order valence-corrected chi connectivity index (χ4v) is 8.16. The standard InChI is InChI=1S/C20H35N3O2/c1-17-10-18(2)12-19(3,11-17)15-20(13-17,14-18)21-16(25)23-6-4-22(5-7-23)8-9-24/h24H,4-15H2,1-3H3,(H,21,25)/p+1. The van der Waals surface area contributed by atoms with E-state index in [1.807, 2.05) is 4.90 Å². The third-order valence-electron chi connectivity index (χ3n) is 7.45. The first-order valence-corrected chi connectivity index (χ1v) is 10.2. The van der Waals surface area contributed by atoms with Crippen LogP contribution in [0.15, 0.2) is 0 Å². The number of piperazine rings is 1. The molecule has 5 fully saturated rings. The SMILES string of the molecule is CC12CC3(C)CC(C)(C1)CC(NC(=O)N1CC[NH+](CCO)CC1)(C2)C3. The van der Waals surface area contributed by atoms with Crippen LogP contribution in [-0.2, 0) is 0 Å². The maximum atomic E-state index is 13.0. The van der Waals surface area contributed by atoms with Crippen molar-refractivity contribution in [1.82, 2.24) is 10.2 Å². The molecule has 0 spiro atoms. The molecule has 5 aliphatic rings. The second-order valence-corrected chi connectivity index (χ2v) is 10.9. The third-order valence-corrected chi connectivity index (χ3v) is 7.45. The number of carbonyl (C=O) groups is 1. The lowest BCUT2D eigenvalue weighted by Gasteiger charge is -2.69. The molecule has 0 aromatic carbocycles. The van der Waals surface area contributed by atoms with Crippen molar-refractivity contribution in [3.05, 3.63) is 0 Å². The van der Waals surface area contributed by atoms with E-state index in [0.717, 1.165) is 52.0 Å². The van der Waals surface area contributed by atoms with Crippen molar-refractivity contribution in [3.63, 3.8) is 0 Å². The van der Waals surface area contributed by atoms with Gasteiger partial charge in [0.15, 0.2) is 0 Å². The highest BCUT2D eigenvalue weighted by atomic mass is 16.3. The summed E-state index contributed by atoms with van der Waals surface area (Å²) in [6, 6.07) is 0.154. The molecule has 2 amide bonds. The minimum Gasteiger partial charge on any atom is -0.391 e. The van der Waals surface area contributed by atoms with Crippen LogP contribution in [0.2, 0.25) is 0 Å². The lowest BCUT2D eigenvalue weighted by Crippen LogP contribution is -3.15. The molecule has 142 valence electrons. The van der Waals surface area contributed by atoms with Crippen molar-refractivity contribution in [2.75, 3.05) is 39.3 Å². The fraction of sp³-hybridized carbons (Fsp3) is 0.950. The molecule has 4 aliphatic carbocycles. The summed E-state index contributed by atoms with van der Waals surface area (Å²) in [4.78, 5) is 16.4. The van der Waals surface area contributed by atoms with Crippen molar-refractivity contribution >= 4 is 6.03 Å². The molecule has 25 heavy (non-hydrogen) atoms. The van der Waals surface area contributed by atoms with Crippen LogP contribution in [0, 0.1) is 16.2 Å². The number of hydrogen-bond acceptors (Lipinski definition) is 2. The number of nitrogens with zero attached hydrogens (tertiary/aromatic N) is 1. The summed E-state index contributed by atoms with van der Waals surface area (Å²) < 4.78 is 0. The molecule has 0 unspecified atom stereocenters. The van der Waals surface area contributed by atoms with Crippen LogP contribution < -0.4 is 10.2 Å². The summed E-state index contributed by atoms with van der Waals surface area (Å²) in [7, 11) is 0. The number of rotatable bonds is 3. The number of carbonyl (C=O) groups excluding carboxylic acids is 1. The van der Waals surface area contributed by atoms with Crippen molar-refractivity contribution in [2.24, 2.45) is 16.2 Å². The van der Waals surface area contributed by atoms with Crippen molar-refractivity contribution in [2.45, 2.75) is 64.8 Å². The maximum Gasteiger partial charge on any atom is 0.318 e. The first kappa shape index (κ1) is 17.6. The lowest BCUT2D eigenvalue weighted by atomic mass is 9.38. The average Bonchev–Trinajstić information content (AvgIpc) is 2.42. The molecule has 4 bridgehead atoms. The summed E-state index contributed by atoms with van der Waals surface area (Å²) in [6.07, 6.45) is 7.47. The van der Waals surface area contributed by atoms with Gasteiger partial charge in [-0.25, -0.2) is 4.79 Å². The first-order valence-electron chi connectivity index (χ1n) is 10.2. The van der Waals surface area contributed by atoms with Gasteiger partial charge in [0.1, 0.15) is 6.54 Å². The Morgan fingerprint density at radius 2 is 1.44 bits per heavy atom. The molecule has 1 saturated heterocycles. The predicted octanol–water partition coefficient (Wildman–Crippen LogP) is 1.03. The Bertz CT molecular complexity index is 502. The summed E-state index contributed by atoms with van der Waals surface area (Å²) >= 11 is 0. The minimum atomic E-state index is 0.0131. The molecule has 0 atom stereocenters. The summed E-state index contributed by atoms with van der Waals surface area (Å²) in [5.74, 6) is 0. The smallest absolute Gasteiger partial charge is 0.318 e. The van der Waals surface area contributed by atoms with Gasteiger partial charge < -0.3 is 20.2 Å². The number of aliphatic hydroxyl groups excluding tert-OH is 1. The van der Waals surface area contributed by atoms with Gasteiger partial charge in [0.2, 0.25) is 0 Å². The zero-order valence-electron chi connectivity index (χ0n) is 16.3. The Kier molecular flexibility index (Phi) is 3.94. The fourth-order valence-electron chi connectivity index (χ4n) is 8.16. The second kappa shape index (κ2) is 5.59. The number of nitrogens with one attached hydrogen (secondary N) is 2. The number of urea groups is 1. The molecular formula is C20H36N3O2+. The van der Waals surface area contributed by atoms with Crippen molar-refractivity contribution in [1.29, 1.82) is 0 Å². The van der Waals surface area contributed by atoms with E-state index in [1.54, 1.807) is 0 Å². The largest absolute Gasteiger partial charge is 0.391 e. The molecule has 5 nitrogen and oxygen atoms in total. The molecule has 1 heterocycles. The van der Waals surface area contributed by atoms with Crippen LogP contribution in [0.5, 0.6) is 0 Å². The van der Waals surface area contributed by atoms with Gasteiger partial charge in [-0.1, -0.05) is 20.8 Å². The van der Waals surface area contributed by atoms with Crippen molar-refractivity contribution < 1.29 is 14.8 Å². The number of quaternary nitrogens is 1. The monoisotopic (exact) mass is 350 g/mol. The first-order chi connectivity index (χ1) is 11.7. The normalized spacial score (nSPS) is 46.5. The van der Waals surface area contributed by atoms with E-state index in [9.17, 15) is 4.79 Å². The summed E-state index contributed by atoms with van der Waals surface area (Å²) in [5, 5.41) is 12.6. The molecule has 5 rings (SSSR count). The average molecular weight is 351 g/mol. The van der Waals surface area contributed by atoms with Gasteiger partial charge in [0.05, 0.1) is 32.8 Å². The summed E-state index contributed by atoms with van der Waals surface area (Å²) in [5.41, 5.74) is 1.21. The van der Waals surface area contributed by atoms with Gasteiger partial charge in [-0.2, -0.15) is 0 Å². The molecule has 4 saturated carbocycles. The summed E-state index contributed by atoms with van der Waals surface area (Å²) in [6.45, 7) is 11.9. The Balaban J connectivity index is 1.45. The van der Waals surface area contributed by atoms with Crippen LogP contribution in [0.25, 0.3) is 0 Å². The third kappa shape index (κ3) is 3.18. The second-order valence-electron chi connectivity index (χ2n) is 10.9. The highest BCUT2D eigenvalue weighted by molar-refractivity contribution is 5.75. The number of amides is 2. The Morgan fingerprint density at radius 3 is 1.88 bits per heavy atom. The van der Waals surface area contributed by atoms with Gasteiger partial charge in [-0.15, -0.1) is 0 Å². The quantitative estimate of drug-likeness (QED) is 0.712. The topological polar surface area (TPSA) is 57.0 Å². The molecular weight excluding hydrogens is 314 g/mol. The van der Waals surface area contributed by atoms with Crippen LogP contribution in [0.3, 0.4) is 0 Å². The van der Waals surface area contributed by atoms with E-state index in [4.69, 9.17) is 5.11 Å². The lowest BCUT2D eigenvalue weighted by molar-refractivity contribution is -0.904. The zero-order valence-corrected chi connectivity index (χ0v) is 16.3. The van der Waals surface area contributed by atoms with Gasteiger partial charge >= 0.3 is 6.03 Å². The van der Waals surface area contributed by atoms with Crippen molar-refractivity contribution in [3.8, 4) is 0 Å². The zero-order chi connectivity index (χ0) is 17.9. The Labute approximate surface area is 152 Å². The number of hydrogen-bond donors (Lipinski definition) is 3. The van der Waals surface area contributed by atoms with Gasteiger partial charge in [0.25, 0.3) is 0 Å². The van der Waals surface area contributed by atoms with Crippen LogP contribution in [-0.4, -0.2) is 60.9 Å². The minimum absolute atomic E-state index is 0.0131. The van der Waals surface area contributed by atoms with E-state index in [-0.39, 0.29) is 18.2 Å². The molecule has 3 N–H and O–H groups in total. The van der Waals surface area contributed by atoms with Gasteiger partial charge in [-0.05, 0) is 54.8 Å². The Hall–Kier alpha value is -0.810. The molecule has 0 aromatic heterocycles. The molecule has 5 heteroatoms. The molecule has 0 aromatic rings. The van der Waals surface area contributed by atoms with Crippen LogP contribution in [0.1, 0.15) is 59.3 Å². The van der Waals surface area contributed by atoms with E-state index in [2.05, 4.69) is 26.1 Å². The van der Waals surface area contributed by atoms with E-state index in [0.29, 0.717) is 16.2 Å². The Morgan fingerprint density at radius 1 is 0.960 bits per heavy atom. The number of aliphatic hydroxyl groups is 1. The molecule has 0 radical (unpaired) electrons. The highest BCUT2D eigenvalue weighted by Gasteiger charge is 2.64. The van der Waals surface area contributed by atoms with Crippen LogP contribution in [0.4, 0.5) is 4.79 Å². The predicted molar refractivity (Wildman–Crippen MR) is 97.5 cm³/mol. The van der Waals surface area contributed by atoms with E-state index in [1.165, 1.54) is 24.2 Å². The maximum absolute atomic E-state index is 13.0. The van der Waals surface area contributed by atoms with Crippen LogP contribution >= 0.6 is 0 Å². The molecule has 1 aliphatic heterocycles. The van der Waals surface area contributed by atoms with E-state index < -0.39 is 0 Å².